The van der Waals surface area contributed by atoms with E-state index in [1.165, 1.54) is 12.1 Å². The lowest BCUT2D eigenvalue weighted by Gasteiger charge is -2.18. The third-order valence-electron chi connectivity index (χ3n) is 3.03. The van der Waals surface area contributed by atoms with Crippen molar-refractivity contribution in [3.63, 3.8) is 0 Å². The average Bonchev–Trinajstić information content (AvgIpc) is 2.58. The van der Waals surface area contributed by atoms with Crippen LogP contribution < -0.4 is 16.6 Å². The van der Waals surface area contributed by atoms with Crippen LogP contribution in [0.15, 0.2) is 24.3 Å². The van der Waals surface area contributed by atoms with E-state index in [9.17, 15) is 14.7 Å². The Hall–Kier alpha value is -2.08. The first-order valence-corrected chi connectivity index (χ1v) is 8.26. The molecule has 1 aromatic rings. The van der Waals surface area contributed by atoms with E-state index in [1.807, 2.05) is 13.0 Å². The molecule has 7 nitrogen and oxygen atoms in total. The standard InChI is InChI=1S/C15H20N4O3S/c1-2-23-7-6-12(17)13(20)15(22)19-18-14(21)11-5-3-4-10(8-11)9-16/h3-5,8,12-13,20H,2,6-7,17H2,1H3,(H,18,21)(H,19,22)/t12-,13?/m1/s1. The summed E-state index contributed by atoms with van der Waals surface area (Å²) in [5.41, 5.74) is 10.6. The van der Waals surface area contributed by atoms with Gasteiger partial charge in [-0.2, -0.15) is 17.0 Å². The summed E-state index contributed by atoms with van der Waals surface area (Å²) in [4.78, 5) is 23.6. The van der Waals surface area contributed by atoms with Crippen molar-refractivity contribution in [1.29, 1.82) is 5.26 Å². The smallest absolute Gasteiger partial charge is 0.269 e. The minimum absolute atomic E-state index is 0.225. The number of rotatable bonds is 7. The molecule has 5 N–H and O–H groups in total. The number of nitriles is 1. The molecule has 0 radical (unpaired) electrons. The number of aliphatic hydroxyl groups is 1. The van der Waals surface area contributed by atoms with Gasteiger partial charge in [-0.05, 0) is 36.1 Å². The molecule has 1 aromatic carbocycles. The number of nitrogens with one attached hydrogen (secondary N) is 2. The number of benzene rings is 1. The van der Waals surface area contributed by atoms with Crippen molar-refractivity contribution in [3.8, 4) is 6.07 Å². The van der Waals surface area contributed by atoms with E-state index in [0.717, 1.165) is 11.5 Å². The van der Waals surface area contributed by atoms with Gasteiger partial charge < -0.3 is 10.8 Å². The van der Waals surface area contributed by atoms with Crippen LogP contribution in [0, 0.1) is 11.3 Å². The highest BCUT2D eigenvalue weighted by molar-refractivity contribution is 7.99. The Balaban J connectivity index is 2.48. The van der Waals surface area contributed by atoms with Crippen LogP contribution >= 0.6 is 11.8 Å². The van der Waals surface area contributed by atoms with Crippen LogP contribution in [-0.2, 0) is 4.79 Å². The Bertz CT molecular complexity index is 588. The van der Waals surface area contributed by atoms with Gasteiger partial charge in [0.25, 0.3) is 11.8 Å². The van der Waals surface area contributed by atoms with Crippen LogP contribution in [-0.4, -0.2) is 40.6 Å². The monoisotopic (exact) mass is 336 g/mol. The molecule has 0 aliphatic rings. The summed E-state index contributed by atoms with van der Waals surface area (Å²) in [6, 6.07) is 7.24. The molecule has 2 atom stereocenters. The first-order valence-electron chi connectivity index (χ1n) is 7.11. The molecular formula is C15H20N4O3S. The fourth-order valence-electron chi connectivity index (χ4n) is 1.71. The molecule has 0 heterocycles. The fraction of sp³-hybridized carbons (Fsp3) is 0.400. The number of amides is 2. The molecular weight excluding hydrogens is 316 g/mol. The molecule has 23 heavy (non-hydrogen) atoms. The van der Waals surface area contributed by atoms with Crippen molar-refractivity contribution in [2.24, 2.45) is 5.73 Å². The van der Waals surface area contributed by atoms with E-state index in [2.05, 4.69) is 10.9 Å². The normalized spacial score (nSPS) is 12.8. The predicted octanol–water partition coefficient (Wildman–Crippen LogP) is 0.151. The summed E-state index contributed by atoms with van der Waals surface area (Å²) in [5.74, 6) is 0.323. The van der Waals surface area contributed by atoms with Gasteiger partial charge in [0.15, 0.2) is 0 Å². The zero-order valence-corrected chi connectivity index (χ0v) is 13.6. The number of hydrazine groups is 1. The molecule has 1 unspecified atom stereocenters. The molecule has 0 aliphatic carbocycles. The number of carbonyl (C=O) groups excluding carboxylic acids is 2. The van der Waals surface area contributed by atoms with Gasteiger partial charge in [-0.15, -0.1) is 0 Å². The van der Waals surface area contributed by atoms with E-state index in [-0.39, 0.29) is 5.56 Å². The van der Waals surface area contributed by atoms with Gasteiger partial charge in [0.2, 0.25) is 0 Å². The fourth-order valence-corrected chi connectivity index (χ4v) is 2.44. The van der Waals surface area contributed by atoms with Gasteiger partial charge in [-0.25, -0.2) is 0 Å². The average molecular weight is 336 g/mol. The molecule has 124 valence electrons. The minimum Gasteiger partial charge on any atom is -0.382 e. The predicted molar refractivity (Wildman–Crippen MR) is 88.4 cm³/mol. The third kappa shape index (κ3) is 6.28. The second-order valence-corrected chi connectivity index (χ2v) is 6.12. The molecule has 0 aliphatic heterocycles. The summed E-state index contributed by atoms with van der Waals surface area (Å²) in [6.07, 6.45) is -0.913. The number of thioether (sulfide) groups is 1. The van der Waals surface area contributed by atoms with Gasteiger partial charge >= 0.3 is 0 Å². The van der Waals surface area contributed by atoms with Crippen molar-refractivity contribution in [3.05, 3.63) is 35.4 Å². The lowest BCUT2D eigenvalue weighted by Crippen LogP contribution is -2.52. The summed E-state index contributed by atoms with van der Waals surface area (Å²) in [5, 5.41) is 18.6. The molecule has 0 saturated carbocycles. The Kier molecular flexibility index (Phi) is 8.11. The van der Waals surface area contributed by atoms with Crippen LogP contribution in [0.4, 0.5) is 0 Å². The lowest BCUT2D eigenvalue weighted by atomic mass is 10.1. The number of hydrogen-bond donors (Lipinski definition) is 4. The van der Waals surface area contributed by atoms with E-state index in [1.54, 1.807) is 23.9 Å². The molecule has 0 fully saturated rings. The summed E-state index contributed by atoms with van der Waals surface area (Å²) in [6.45, 7) is 2.01. The molecule has 8 heteroatoms. The van der Waals surface area contributed by atoms with Crippen molar-refractivity contribution in [2.75, 3.05) is 11.5 Å². The van der Waals surface area contributed by atoms with Crippen molar-refractivity contribution in [2.45, 2.75) is 25.5 Å². The number of hydrogen-bond acceptors (Lipinski definition) is 6. The lowest BCUT2D eigenvalue weighted by molar-refractivity contribution is -0.131. The second kappa shape index (κ2) is 9.84. The summed E-state index contributed by atoms with van der Waals surface area (Å²) < 4.78 is 0. The molecule has 1 rings (SSSR count). The zero-order valence-electron chi connectivity index (χ0n) is 12.8. The number of nitrogens with zero attached hydrogens (tertiary/aromatic N) is 1. The van der Waals surface area contributed by atoms with Crippen LogP contribution in [0.1, 0.15) is 29.3 Å². The third-order valence-corrected chi connectivity index (χ3v) is 3.96. The van der Waals surface area contributed by atoms with E-state index in [4.69, 9.17) is 11.0 Å². The van der Waals surface area contributed by atoms with Crippen LogP contribution in [0.5, 0.6) is 0 Å². The van der Waals surface area contributed by atoms with E-state index >= 15 is 0 Å². The van der Waals surface area contributed by atoms with Gasteiger partial charge in [0, 0.05) is 11.6 Å². The molecule has 0 bridgehead atoms. The van der Waals surface area contributed by atoms with Crippen molar-refractivity contribution >= 4 is 23.6 Å². The number of carbonyl (C=O) groups is 2. The maximum Gasteiger partial charge on any atom is 0.269 e. The number of nitrogens with two attached hydrogens (primary N) is 1. The molecule has 2 amide bonds. The van der Waals surface area contributed by atoms with Gasteiger partial charge in [0.05, 0.1) is 11.6 Å². The highest BCUT2D eigenvalue weighted by atomic mass is 32.2. The van der Waals surface area contributed by atoms with Crippen molar-refractivity contribution < 1.29 is 14.7 Å². The molecule has 0 spiro atoms. The van der Waals surface area contributed by atoms with E-state index in [0.29, 0.717) is 12.0 Å². The van der Waals surface area contributed by atoms with Gasteiger partial charge in [-0.1, -0.05) is 13.0 Å². The Morgan fingerprint density at radius 2 is 2.17 bits per heavy atom. The first-order chi connectivity index (χ1) is 11.0. The van der Waals surface area contributed by atoms with E-state index < -0.39 is 24.0 Å². The Morgan fingerprint density at radius 3 is 2.83 bits per heavy atom. The highest BCUT2D eigenvalue weighted by Crippen LogP contribution is 2.06. The summed E-state index contributed by atoms with van der Waals surface area (Å²) >= 11 is 1.67. The van der Waals surface area contributed by atoms with Gasteiger partial charge in [-0.3, -0.25) is 20.4 Å². The Morgan fingerprint density at radius 1 is 1.43 bits per heavy atom. The largest absolute Gasteiger partial charge is 0.382 e. The summed E-state index contributed by atoms with van der Waals surface area (Å²) in [7, 11) is 0. The first kappa shape index (κ1) is 19.0. The maximum absolute atomic E-state index is 11.9. The quantitative estimate of drug-likeness (QED) is 0.414. The van der Waals surface area contributed by atoms with Crippen LogP contribution in [0.2, 0.25) is 0 Å². The molecule has 0 aromatic heterocycles. The SMILES string of the molecule is CCSCC[C@@H](N)C(O)C(=O)NNC(=O)c1cccc(C#N)c1. The highest BCUT2D eigenvalue weighted by Gasteiger charge is 2.23. The second-order valence-electron chi connectivity index (χ2n) is 4.73. The van der Waals surface area contributed by atoms with Crippen LogP contribution in [0.3, 0.4) is 0 Å². The van der Waals surface area contributed by atoms with Gasteiger partial charge in [0.1, 0.15) is 6.10 Å². The Labute approximate surface area is 139 Å². The zero-order chi connectivity index (χ0) is 17.2. The van der Waals surface area contributed by atoms with Crippen molar-refractivity contribution in [1.82, 2.24) is 10.9 Å². The topological polar surface area (TPSA) is 128 Å². The molecule has 0 saturated heterocycles. The van der Waals surface area contributed by atoms with Crippen LogP contribution in [0.25, 0.3) is 0 Å². The number of aliphatic hydroxyl groups excluding tert-OH is 1. The minimum atomic E-state index is -1.40. The maximum atomic E-state index is 11.9.